The third kappa shape index (κ3) is 4.31. The van der Waals surface area contributed by atoms with Gasteiger partial charge in [0.05, 0.1) is 11.0 Å². The fourth-order valence-corrected chi connectivity index (χ4v) is 4.05. The van der Waals surface area contributed by atoms with Crippen molar-refractivity contribution in [2.45, 2.75) is 33.0 Å². The first-order chi connectivity index (χ1) is 14.5. The first-order valence-corrected chi connectivity index (χ1v) is 10.9. The topological polar surface area (TPSA) is 38.1 Å². The second-order valence-electron chi connectivity index (χ2n) is 7.62. The van der Waals surface area contributed by atoms with Crippen molar-refractivity contribution in [2.24, 2.45) is 0 Å². The number of carbonyl (C=O) groups is 1. The molecule has 5 heteroatoms. The van der Waals surface area contributed by atoms with Crippen LogP contribution < -0.4 is 0 Å². The average Bonchev–Trinajstić information content (AvgIpc) is 3.11. The standard InChI is InChI=1S/C25H24BrN3O/c1-18(2)28(16-19-9-4-3-5-10-19)24(30)17-29-23-14-7-6-13-22(23)27-25(29)20-11-8-12-21(26)15-20/h3-15,18H,16-17H2,1-2H3. The third-order valence-corrected chi connectivity index (χ3v) is 5.66. The van der Waals surface area contributed by atoms with E-state index in [0.29, 0.717) is 6.54 Å². The number of benzene rings is 3. The molecule has 1 aromatic heterocycles. The lowest BCUT2D eigenvalue weighted by Crippen LogP contribution is -2.38. The Bertz CT molecular complexity index is 1170. The zero-order valence-electron chi connectivity index (χ0n) is 17.1. The Morgan fingerprint density at radius 1 is 1.00 bits per heavy atom. The Balaban J connectivity index is 1.71. The molecule has 0 aliphatic carbocycles. The maximum absolute atomic E-state index is 13.4. The molecular weight excluding hydrogens is 438 g/mol. The van der Waals surface area contributed by atoms with Gasteiger partial charge in [-0.1, -0.05) is 70.5 Å². The Hall–Kier alpha value is -2.92. The van der Waals surface area contributed by atoms with E-state index in [2.05, 4.69) is 41.9 Å². The van der Waals surface area contributed by atoms with Crippen LogP contribution in [0.25, 0.3) is 22.4 Å². The molecule has 0 fully saturated rings. The normalized spacial score (nSPS) is 11.2. The lowest BCUT2D eigenvalue weighted by atomic mass is 10.2. The molecule has 0 saturated heterocycles. The number of para-hydroxylation sites is 2. The first-order valence-electron chi connectivity index (χ1n) is 10.1. The maximum atomic E-state index is 13.4. The Kier molecular flexibility index (Phi) is 6.00. The molecule has 0 aliphatic heterocycles. The van der Waals surface area contributed by atoms with E-state index in [1.54, 1.807) is 0 Å². The van der Waals surface area contributed by atoms with Crippen LogP contribution in [0, 0.1) is 0 Å². The number of imidazole rings is 1. The maximum Gasteiger partial charge on any atom is 0.243 e. The summed E-state index contributed by atoms with van der Waals surface area (Å²) < 4.78 is 3.01. The van der Waals surface area contributed by atoms with Gasteiger partial charge >= 0.3 is 0 Å². The van der Waals surface area contributed by atoms with E-state index in [1.807, 2.05) is 76.2 Å². The second kappa shape index (κ2) is 8.84. The molecular formula is C25H24BrN3O. The predicted molar refractivity (Wildman–Crippen MR) is 125 cm³/mol. The zero-order valence-corrected chi connectivity index (χ0v) is 18.7. The molecule has 0 atom stereocenters. The zero-order chi connectivity index (χ0) is 21.1. The minimum absolute atomic E-state index is 0.0771. The molecule has 1 amide bonds. The average molecular weight is 462 g/mol. The van der Waals surface area contributed by atoms with Crippen molar-refractivity contribution in [3.63, 3.8) is 0 Å². The molecule has 0 bridgehead atoms. The molecule has 4 aromatic rings. The number of aromatic nitrogens is 2. The van der Waals surface area contributed by atoms with Gasteiger partial charge in [-0.25, -0.2) is 4.98 Å². The molecule has 3 aromatic carbocycles. The van der Waals surface area contributed by atoms with E-state index in [4.69, 9.17) is 4.98 Å². The van der Waals surface area contributed by atoms with Gasteiger partial charge in [0.2, 0.25) is 5.91 Å². The van der Waals surface area contributed by atoms with E-state index in [9.17, 15) is 4.79 Å². The number of carbonyl (C=O) groups excluding carboxylic acids is 1. The number of fused-ring (bicyclic) bond motifs is 1. The van der Waals surface area contributed by atoms with Gasteiger partial charge in [0.1, 0.15) is 12.4 Å². The Morgan fingerprint density at radius 3 is 2.47 bits per heavy atom. The third-order valence-electron chi connectivity index (χ3n) is 5.17. The number of amides is 1. The molecule has 0 unspecified atom stereocenters. The summed E-state index contributed by atoms with van der Waals surface area (Å²) in [6, 6.07) is 26.2. The van der Waals surface area contributed by atoms with Crippen molar-refractivity contribution >= 4 is 32.9 Å². The van der Waals surface area contributed by atoms with Gasteiger partial charge in [-0.05, 0) is 43.7 Å². The van der Waals surface area contributed by atoms with Crippen LogP contribution in [-0.4, -0.2) is 26.4 Å². The highest BCUT2D eigenvalue weighted by molar-refractivity contribution is 9.10. The molecule has 0 aliphatic rings. The fourth-order valence-electron chi connectivity index (χ4n) is 3.65. The van der Waals surface area contributed by atoms with Gasteiger partial charge in [-0.15, -0.1) is 0 Å². The smallest absolute Gasteiger partial charge is 0.243 e. The predicted octanol–water partition coefficient (Wildman–Crippen LogP) is 5.90. The first kappa shape index (κ1) is 20.4. The number of halogens is 1. The van der Waals surface area contributed by atoms with Crippen molar-refractivity contribution in [3.8, 4) is 11.4 Å². The summed E-state index contributed by atoms with van der Waals surface area (Å²) in [6.45, 7) is 4.95. The molecule has 0 spiro atoms. The van der Waals surface area contributed by atoms with Crippen LogP contribution in [0.5, 0.6) is 0 Å². The van der Waals surface area contributed by atoms with Crippen molar-refractivity contribution in [2.75, 3.05) is 0 Å². The lowest BCUT2D eigenvalue weighted by molar-refractivity contribution is -0.134. The summed E-state index contributed by atoms with van der Waals surface area (Å²) in [7, 11) is 0. The van der Waals surface area contributed by atoms with Gasteiger partial charge < -0.3 is 9.47 Å². The highest BCUT2D eigenvalue weighted by Gasteiger charge is 2.21. The van der Waals surface area contributed by atoms with E-state index >= 15 is 0 Å². The molecule has 0 radical (unpaired) electrons. The van der Waals surface area contributed by atoms with Gasteiger partial charge in [0.15, 0.2) is 0 Å². The van der Waals surface area contributed by atoms with Crippen molar-refractivity contribution < 1.29 is 4.79 Å². The van der Waals surface area contributed by atoms with Crippen LogP contribution in [0.2, 0.25) is 0 Å². The van der Waals surface area contributed by atoms with Crippen molar-refractivity contribution in [1.29, 1.82) is 0 Å². The summed E-state index contributed by atoms with van der Waals surface area (Å²) >= 11 is 3.55. The minimum Gasteiger partial charge on any atom is -0.334 e. The van der Waals surface area contributed by atoms with Gasteiger partial charge in [-0.3, -0.25) is 4.79 Å². The van der Waals surface area contributed by atoms with Crippen LogP contribution in [-0.2, 0) is 17.9 Å². The van der Waals surface area contributed by atoms with Gasteiger partial charge in [0, 0.05) is 22.6 Å². The Labute approximate surface area is 185 Å². The number of nitrogens with zero attached hydrogens (tertiary/aromatic N) is 3. The van der Waals surface area contributed by atoms with Crippen molar-refractivity contribution in [1.82, 2.24) is 14.5 Å². The number of hydrogen-bond donors (Lipinski definition) is 0. The van der Waals surface area contributed by atoms with Crippen LogP contribution >= 0.6 is 15.9 Å². The molecule has 4 rings (SSSR count). The van der Waals surface area contributed by atoms with Crippen LogP contribution in [0.3, 0.4) is 0 Å². The highest BCUT2D eigenvalue weighted by Crippen LogP contribution is 2.27. The minimum atomic E-state index is 0.0771. The summed E-state index contributed by atoms with van der Waals surface area (Å²) in [6.07, 6.45) is 0. The number of hydrogen-bond acceptors (Lipinski definition) is 2. The molecule has 152 valence electrons. The fraction of sp³-hybridized carbons (Fsp3) is 0.200. The van der Waals surface area contributed by atoms with E-state index < -0.39 is 0 Å². The lowest BCUT2D eigenvalue weighted by Gasteiger charge is -2.27. The van der Waals surface area contributed by atoms with Crippen LogP contribution in [0.4, 0.5) is 0 Å². The largest absolute Gasteiger partial charge is 0.334 e. The Morgan fingerprint density at radius 2 is 1.73 bits per heavy atom. The molecule has 0 N–H and O–H groups in total. The van der Waals surface area contributed by atoms with E-state index in [-0.39, 0.29) is 18.5 Å². The van der Waals surface area contributed by atoms with Crippen molar-refractivity contribution in [3.05, 3.63) is 88.9 Å². The summed E-state index contributed by atoms with van der Waals surface area (Å²) in [5.41, 5.74) is 3.96. The summed E-state index contributed by atoms with van der Waals surface area (Å²) in [5, 5.41) is 0. The SMILES string of the molecule is CC(C)N(Cc1ccccc1)C(=O)Cn1c(-c2cccc(Br)c2)nc2ccccc21. The highest BCUT2D eigenvalue weighted by atomic mass is 79.9. The second-order valence-corrected chi connectivity index (χ2v) is 8.54. The summed E-state index contributed by atoms with van der Waals surface area (Å²) in [5.74, 6) is 0.877. The molecule has 0 saturated carbocycles. The van der Waals surface area contributed by atoms with Gasteiger partial charge in [0.25, 0.3) is 0 Å². The van der Waals surface area contributed by atoms with Crippen LogP contribution in [0.1, 0.15) is 19.4 Å². The van der Waals surface area contributed by atoms with Crippen LogP contribution in [0.15, 0.2) is 83.3 Å². The van der Waals surface area contributed by atoms with E-state index in [1.165, 1.54) is 0 Å². The van der Waals surface area contributed by atoms with Gasteiger partial charge in [-0.2, -0.15) is 0 Å². The molecule has 1 heterocycles. The quantitative estimate of drug-likeness (QED) is 0.358. The number of rotatable bonds is 6. The monoisotopic (exact) mass is 461 g/mol. The van der Waals surface area contributed by atoms with E-state index in [0.717, 1.165) is 32.5 Å². The molecule has 4 nitrogen and oxygen atoms in total. The molecule has 30 heavy (non-hydrogen) atoms. The summed E-state index contributed by atoms with van der Waals surface area (Å²) in [4.78, 5) is 20.2.